The number of ether oxygens (including phenoxy) is 2. The lowest BCUT2D eigenvalue weighted by Gasteiger charge is -2.33. The summed E-state index contributed by atoms with van der Waals surface area (Å²) in [7, 11) is 1.55. The molecular weight excluding hydrogens is 524 g/mol. The van der Waals surface area contributed by atoms with Crippen LogP contribution in [0.25, 0.3) is 0 Å². The number of rotatable bonds is 10. The van der Waals surface area contributed by atoms with Crippen molar-refractivity contribution in [3.8, 4) is 11.5 Å². The molecule has 0 bridgehead atoms. The number of nitrogens with zero attached hydrogens (tertiary/aromatic N) is 2. The van der Waals surface area contributed by atoms with Crippen LogP contribution in [0.3, 0.4) is 0 Å². The highest BCUT2D eigenvalue weighted by molar-refractivity contribution is 6.08. The largest absolute Gasteiger partial charge is 0.493 e. The Bertz CT molecular complexity index is 1360. The van der Waals surface area contributed by atoms with E-state index in [4.69, 9.17) is 14.9 Å². The summed E-state index contributed by atoms with van der Waals surface area (Å²) in [5.74, 6) is -0.394. The third-order valence-corrected chi connectivity index (χ3v) is 7.48. The molecule has 4 rings (SSSR count). The lowest BCUT2D eigenvalue weighted by atomic mass is 9.84. The quantitative estimate of drug-likeness (QED) is 0.366. The lowest BCUT2D eigenvalue weighted by molar-refractivity contribution is -0.139. The van der Waals surface area contributed by atoms with Crippen LogP contribution in [0, 0.1) is 5.41 Å². The lowest BCUT2D eigenvalue weighted by Crippen LogP contribution is -2.32. The molecule has 1 fully saturated rings. The molecule has 0 radical (unpaired) electrons. The van der Waals surface area contributed by atoms with Crippen molar-refractivity contribution in [1.29, 1.82) is 5.41 Å². The van der Waals surface area contributed by atoms with Gasteiger partial charge in [-0.25, -0.2) is 4.79 Å². The van der Waals surface area contributed by atoms with E-state index in [9.17, 15) is 19.5 Å². The maximum absolute atomic E-state index is 13.8. The van der Waals surface area contributed by atoms with Gasteiger partial charge in [0.25, 0.3) is 5.91 Å². The predicted octanol–water partition coefficient (Wildman–Crippen LogP) is 4.22. The van der Waals surface area contributed by atoms with Crippen molar-refractivity contribution in [1.82, 2.24) is 10.2 Å². The molecule has 0 aliphatic carbocycles. The Morgan fingerprint density at radius 1 is 1.05 bits per heavy atom. The van der Waals surface area contributed by atoms with Gasteiger partial charge in [-0.1, -0.05) is 20.8 Å². The minimum absolute atomic E-state index is 0.0227. The van der Waals surface area contributed by atoms with Gasteiger partial charge in [0.1, 0.15) is 17.3 Å². The van der Waals surface area contributed by atoms with Gasteiger partial charge in [0.15, 0.2) is 12.4 Å². The van der Waals surface area contributed by atoms with Gasteiger partial charge in [-0.15, -0.1) is 0 Å². The number of benzene rings is 2. The summed E-state index contributed by atoms with van der Waals surface area (Å²) in [5.41, 5.74) is 3.34. The van der Waals surface area contributed by atoms with Gasteiger partial charge in [-0.3, -0.25) is 15.0 Å². The zero-order valence-electron chi connectivity index (χ0n) is 24.6. The average Bonchev–Trinajstić information content (AvgIpc) is 3.24. The first kappa shape index (κ1) is 29.9. The van der Waals surface area contributed by atoms with Crippen molar-refractivity contribution in [2.45, 2.75) is 58.9 Å². The van der Waals surface area contributed by atoms with Gasteiger partial charge >= 0.3 is 5.97 Å². The molecule has 0 saturated carbocycles. The molecule has 1 amide bonds. The Hall–Kier alpha value is -4.08. The standard InChI is InChI=1S/C31H40N4O6/c1-6-40-26-14-20-16-35(29(32)21(20)15-22(26)30(39)33-5)17-25(36)19-12-23(31(2,3)4)28(41-18-27(37)38)24(13-19)34-10-8-7-9-11-34/h12-15,32H,6-11,16-18H2,1-5H3,(H,33,39)(H,37,38). The number of amidine groups is 1. The fourth-order valence-corrected chi connectivity index (χ4v) is 5.40. The molecule has 3 N–H and O–H groups in total. The van der Waals surface area contributed by atoms with E-state index in [0.717, 1.165) is 49.2 Å². The molecule has 41 heavy (non-hydrogen) atoms. The molecule has 2 aromatic rings. The molecule has 1 saturated heterocycles. The van der Waals surface area contributed by atoms with Gasteiger partial charge in [-0.2, -0.15) is 0 Å². The van der Waals surface area contributed by atoms with E-state index >= 15 is 0 Å². The van der Waals surface area contributed by atoms with Gasteiger partial charge in [0.05, 0.1) is 24.4 Å². The van der Waals surface area contributed by atoms with Crippen LogP contribution in [0.2, 0.25) is 0 Å². The smallest absolute Gasteiger partial charge is 0.341 e. The highest BCUT2D eigenvalue weighted by Gasteiger charge is 2.31. The molecule has 0 atom stereocenters. The Morgan fingerprint density at radius 2 is 1.76 bits per heavy atom. The van der Waals surface area contributed by atoms with Crippen molar-refractivity contribution in [3.63, 3.8) is 0 Å². The summed E-state index contributed by atoms with van der Waals surface area (Å²) in [6.07, 6.45) is 3.13. The summed E-state index contributed by atoms with van der Waals surface area (Å²) < 4.78 is 11.6. The number of piperidine rings is 1. The normalized spacial score (nSPS) is 15.0. The first-order valence-corrected chi connectivity index (χ1v) is 14.1. The van der Waals surface area contributed by atoms with Crippen LogP contribution in [0.15, 0.2) is 24.3 Å². The third kappa shape index (κ3) is 6.47. The summed E-state index contributed by atoms with van der Waals surface area (Å²) in [6.45, 7) is 9.72. The van der Waals surface area contributed by atoms with E-state index in [1.165, 1.54) is 0 Å². The van der Waals surface area contributed by atoms with Crippen LogP contribution in [0.4, 0.5) is 5.69 Å². The van der Waals surface area contributed by atoms with Crippen molar-refractivity contribution in [2.24, 2.45) is 0 Å². The molecule has 2 aliphatic rings. The maximum Gasteiger partial charge on any atom is 0.341 e. The summed E-state index contributed by atoms with van der Waals surface area (Å²) in [4.78, 5) is 41.5. The SMILES string of the molecule is CCOc1cc2c(cc1C(=O)NC)C(=N)N(CC(=O)c1cc(N3CCCCC3)c(OCC(=O)O)c(C(C)(C)C)c1)C2. The van der Waals surface area contributed by atoms with E-state index in [1.807, 2.05) is 33.8 Å². The van der Waals surface area contributed by atoms with Crippen LogP contribution >= 0.6 is 0 Å². The first-order chi connectivity index (χ1) is 19.4. The van der Waals surface area contributed by atoms with Gasteiger partial charge in [0.2, 0.25) is 0 Å². The minimum Gasteiger partial charge on any atom is -0.493 e. The number of aliphatic carboxylic acids is 1. The Labute approximate surface area is 241 Å². The zero-order chi connectivity index (χ0) is 29.9. The fraction of sp³-hybridized carbons (Fsp3) is 0.484. The molecule has 0 unspecified atom stereocenters. The topological polar surface area (TPSA) is 132 Å². The number of hydrogen-bond acceptors (Lipinski definition) is 7. The molecule has 10 nitrogen and oxygen atoms in total. The van der Waals surface area contributed by atoms with Crippen LogP contribution in [0.5, 0.6) is 11.5 Å². The first-order valence-electron chi connectivity index (χ1n) is 14.1. The number of carboxylic acids is 1. The van der Waals surface area contributed by atoms with Crippen LogP contribution in [-0.2, 0) is 16.8 Å². The number of nitrogens with one attached hydrogen (secondary N) is 2. The van der Waals surface area contributed by atoms with E-state index < -0.39 is 18.0 Å². The van der Waals surface area contributed by atoms with Crippen molar-refractivity contribution < 1.29 is 29.0 Å². The number of amides is 1. The Morgan fingerprint density at radius 3 is 2.37 bits per heavy atom. The number of Topliss-reactive ketones (excluding diaryl/α,β-unsaturated/α-hetero) is 1. The number of ketones is 1. The zero-order valence-corrected chi connectivity index (χ0v) is 24.6. The maximum atomic E-state index is 13.8. The van der Waals surface area contributed by atoms with Crippen molar-refractivity contribution >= 4 is 29.2 Å². The second kappa shape index (κ2) is 12.2. The summed E-state index contributed by atoms with van der Waals surface area (Å²) in [6, 6.07) is 7.05. The summed E-state index contributed by atoms with van der Waals surface area (Å²) >= 11 is 0. The van der Waals surface area contributed by atoms with Crippen molar-refractivity contribution in [3.05, 3.63) is 52.1 Å². The van der Waals surface area contributed by atoms with E-state index in [-0.39, 0.29) is 24.1 Å². The van der Waals surface area contributed by atoms with E-state index in [1.54, 1.807) is 30.1 Å². The molecule has 0 spiro atoms. The Balaban J connectivity index is 1.68. The molecule has 0 aromatic heterocycles. The monoisotopic (exact) mass is 564 g/mol. The summed E-state index contributed by atoms with van der Waals surface area (Å²) in [5, 5.41) is 20.7. The van der Waals surface area contributed by atoms with E-state index in [2.05, 4.69) is 10.2 Å². The third-order valence-electron chi connectivity index (χ3n) is 7.48. The van der Waals surface area contributed by atoms with E-state index in [0.29, 0.717) is 41.3 Å². The highest BCUT2D eigenvalue weighted by atomic mass is 16.5. The van der Waals surface area contributed by atoms with Gasteiger partial charge in [0, 0.05) is 43.4 Å². The molecular formula is C31H40N4O6. The number of carbonyl (C=O) groups is 3. The average molecular weight is 565 g/mol. The second-order valence-electron chi connectivity index (χ2n) is 11.5. The van der Waals surface area contributed by atoms with Gasteiger partial charge < -0.3 is 29.7 Å². The number of fused-ring (bicyclic) bond motifs is 1. The molecule has 2 aliphatic heterocycles. The minimum atomic E-state index is -1.06. The molecule has 220 valence electrons. The van der Waals surface area contributed by atoms with Crippen LogP contribution in [-0.4, -0.2) is 73.4 Å². The molecule has 10 heteroatoms. The number of carbonyl (C=O) groups excluding carboxylic acids is 2. The van der Waals surface area contributed by atoms with Crippen LogP contribution in [0.1, 0.15) is 84.4 Å². The number of anilines is 1. The Kier molecular flexibility index (Phi) is 8.89. The fourth-order valence-electron chi connectivity index (χ4n) is 5.40. The predicted molar refractivity (Wildman–Crippen MR) is 157 cm³/mol. The van der Waals surface area contributed by atoms with Crippen molar-refractivity contribution in [2.75, 3.05) is 44.8 Å². The van der Waals surface area contributed by atoms with Gasteiger partial charge in [-0.05, 0) is 61.4 Å². The second-order valence-corrected chi connectivity index (χ2v) is 11.5. The highest BCUT2D eigenvalue weighted by Crippen LogP contribution is 2.41. The van der Waals surface area contributed by atoms with Crippen LogP contribution < -0.4 is 19.7 Å². The molecule has 2 heterocycles. The number of hydrogen-bond donors (Lipinski definition) is 3. The molecule has 2 aromatic carbocycles. The number of carboxylic acid groups (broad SMARTS) is 1.